The number of fused-ring (bicyclic) bond motifs is 3. The molecule has 1 N–H and O–H groups in total. The normalized spacial score (nSPS) is 26.8. The minimum absolute atomic E-state index is 0.0845. The average molecular weight is 404 g/mol. The number of hydrogen-bond acceptors (Lipinski definition) is 4. The standard InChI is InChI=1S/C20H19Cl2N3O2/c21-14-3-1-4-15(22)13(14)11-27-16-5-2-10-25-17(16)23-24-18(25)19-6-8-20(26,12-19)9-7-19/h1-5,10,26H,6-9,11-12H2. The Morgan fingerprint density at radius 2 is 1.78 bits per heavy atom. The zero-order valence-corrected chi connectivity index (χ0v) is 16.2. The molecule has 2 aliphatic carbocycles. The molecule has 0 aliphatic heterocycles. The van der Waals surface area contributed by atoms with Gasteiger partial charge in [0.25, 0.3) is 0 Å². The maximum absolute atomic E-state index is 10.6. The molecule has 7 heteroatoms. The van der Waals surface area contributed by atoms with Crippen molar-refractivity contribution in [1.82, 2.24) is 14.6 Å². The fourth-order valence-corrected chi connectivity index (χ4v) is 5.17. The zero-order chi connectivity index (χ0) is 18.6. The minimum Gasteiger partial charge on any atom is -0.485 e. The van der Waals surface area contributed by atoms with Crippen molar-refractivity contribution in [1.29, 1.82) is 0 Å². The Hall–Kier alpha value is -1.82. The van der Waals surface area contributed by atoms with Gasteiger partial charge in [-0.15, -0.1) is 10.2 Å². The number of pyridine rings is 1. The number of aliphatic hydroxyl groups is 1. The van der Waals surface area contributed by atoms with Crippen molar-refractivity contribution in [2.75, 3.05) is 0 Å². The summed E-state index contributed by atoms with van der Waals surface area (Å²) in [7, 11) is 0. The third kappa shape index (κ3) is 2.72. The van der Waals surface area contributed by atoms with Crippen molar-refractivity contribution in [3.05, 3.63) is 58.0 Å². The summed E-state index contributed by atoms with van der Waals surface area (Å²) in [4.78, 5) is 0. The SMILES string of the molecule is OC12CCC(c3nnc4c(OCc5c(Cl)cccc5Cl)cccn34)(CC1)C2. The first-order valence-electron chi connectivity index (χ1n) is 9.12. The Kier molecular flexibility index (Phi) is 3.90. The smallest absolute Gasteiger partial charge is 0.203 e. The lowest BCUT2D eigenvalue weighted by atomic mass is 9.83. The van der Waals surface area contributed by atoms with Crippen LogP contribution in [0.25, 0.3) is 5.65 Å². The van der Waals surface area contributed by atoms with Crippen molar-refractivity contribution in [3.8, 4) is 5.75 Å². The fraction of sp³-hybridized carbons (Fsp3) is 0.400. The molecule has 2 fully saturated rings. The van der Waals surface area contributed by atoms with E-state index in [1.807, 2.05) is 28.8 Å². The Morgan fingerprint density at radius 3 is 2.44 bits per heavy atom. The molecule has 1 aromatic carbocycles. The Morgan fingerprint density at radius 1 is 1.04 bits per heavy atom. The van der Waals surface area contributed by atoms with Crippen molar-refractivity contribution in [3.63, 3.8) is 0 Å². The van der Waals surface area contributed by atoms with Gasteiger partial charge in [-0.3, -0.25) is 4.40 Å². The Bertz CT molecular complexity index is 1000. The molecular formula is C20H19Cl2N3O2. The number of aromatic nitrogens is 3. The first kappa shape index (κ1) is 17.3. The predicted octanol–water partition coefficient (Wildman–Crippen LogP) is 4.56. The van der Waals surface area contributed by atoms with Crippen molar-refractivity contribution in [2.24, 2.45) is 0 Å². The van der Waals surface area contributed by atoms with Crippen LogP contribution in [0.1, 0.15) is 43.5 Å². The predicted molar refractivity (Wildman–Crippen MR) is 103 cm³/mol. The van der Waals surface area contributed by atoms with Gasteiger partial charge in [-0.25, -0.2) is 0 Å². The van der Waals surface area contributed by atoms with Gasteiger partial charge in [0.2, 0.25) is 5.65 Å². The molecule has 2 saturated carbocycles. The number of ether oxygens (including phenoxy) is 1. The molecular weight excluding hydrogens is 385 g/mol. The molecule has 0 spiro atoms. The summed E-state index contributed by atoms with van der Waals surface area (Å²) in [5.74, 6) is 1.56. The van der Waals surface area contributed by atoms with Gasteiger partial charge in [-0.1, -0.05) is 29.3 Å². The third-order valence-electron chi connectivity index (χ3n) is 6.11. The molecule has 2 aliphatic rings. The zero-order valence-electron chi connectivity index (χ0n) is 14.7. The lowest BCUT2D eigenvalue weighted by Gasteiger charge is -2.24. The second kappa shape index (κ2) is 6.09. The average Bonchev–Trinajstić information content (AvgIpc) is 3.32. The van der Waals surface area contributed by atoms with E-state index in [9.17, 15) is 5.11 Å². The number of benzene rings is 1. The van der Waals surface area contributed by atoms with Crippen LogP contribution in [0.3, 0.4) is 0 Å². The highest BCUT2D eigenvalue weighted by molar-refractivity contribution is 6.35. The van der Waals surface area contributed by atoms with Gasteiger partial charge in [-0.2, -0.15) is 0 Å². The van der Waals surface area contributed by atoms with Gasteiger partial charge in [-0.05, 0) is 56.4 Å². The summed E-state index contributed by atoms with van der Waals surface area (Å²) in [6, 6.07) is 9.19. The van der Waals surface area contributed by atoms with Crippen LogP contribution in [0, 0.1) is 0 Å². The summed E-state index contributed by atoms with van der Waals surface area (Å²) in [5.41, 5.74) is 0.810. The van der Waals surface area contributed by atoms with E-state index in [0.717, 1.165) is 43.5 Å². The first-order chi connectivity index (χ1) is 13.0. The molecule has 0 radical (unpaired) electrons. The minimum atomic E-state index is -0.527. The number of hydrogen-bond donors (Lipinski definition) is 1. The molecule has 0 atom stereocenters. The second-order valence-electron chi connectivity index (χ2n) is 7.76. The summed E-state index contributed by atoms with van der Waals surface area (Å²) >= 11 is 12.5. The quantitative estimate of drug-likeness (QED) is 0.693. The maximum Gasteiger partial charge on any atom is 0.203 e. The van der Waals surface area contributed by atoms with Crippen LogP contribution in [0.2, 0.25) is 10.0 Å². The molecule has 0 unspecified atom stereocenters. The molecule has 5 nitrogen and oxygen atoms in total. The van der Waals surface area contributed by atoms with Gasteiger partial charge in [0.05, 0.1) is 5.60 Å². The molecule has 0 saturated heterocycles. The van der Waals surface area contributed by atoms with Crippen LogP contribution in [-0.4, -0.2) is 25.3 Å². The van der Waals surface area contributed by atoms with Crippen LogP contribution < -0.4 is 4.74 Å². The summed E-state index contributed by atoms with van der Waals surface area (Å²) in [5, 5.41) is 20.6. The third-order valence-corrected chi connectivity index (χ3v) is 6.82. The van der Waals surface area contributed by atoms with Gasteiger partial charge >= 0.3 is 0 Å². The Labute approximate surface area is 166 Å². The molecule has 27 heavy (non-hydrogen) atoms. The molecule has 140 valence electrons. The van der Waals surface area contributed by atoms with Gasteiger partial charge < -0.3 is 9.84 Å². The lowest BCUT2D eigenvalue weighted by molar-refractivity contribution is 0.0521. The monoisotopic (exact) mass is 403 g/mol. The topological polar surface area (TPSA) is 59.7 Å². The lowest BCUT2D eigenvalue weighted by Crippen LogP contribution is -2.23. The van der Waals surface area contributed by atoms with E-state index in [4.69, 9.17) is 27.9 Å². The van der Waals surface area contributed by atoms with E-state index in [1.165, 1.54) is 0 Å². The Balaban J connectivity index is 1.48. The summed E-state index contributed by atoms with van der Waals surface area (Å²) < 4.78 is 8.00. The molecule has 5 rings (SSSR count). The molecule has 3 aromatic rings. The highest BCUT2D eigenvalue weighted by Crippen LogP contribution is 2.57. The number of halogens is 2. The molecule has 2 bridgehead atoms. The van der Waals surface area contributed by atoms with Crippen LogP contribution in [0.15, 0.2) is 36.5 Å². The molecule has 2 aromatic heterocycles. The maximum atomic E-state index is 10.6. The molecule has 0 amide bonds. The van der Waals surface area contributed by atoms with Crippen molar-refractivity contribution >= 4 is 28.8 Å². The largest absolute Gasteiger partial charge is 0.485 e. The highest BCUT2D eigenvalue weighted by atomic mass is 35.5. The van der Waals surface area contributed by atoms with Crippen LogP contribution >= 0.6 is 23.2 Å². The van der Waals surface area contributed by atoms with Gasteiger partial charge in [0.1, 0.15) is 12.4 Å². The summed E-state index contributed by atoms with van der Waals surface area (Å²) in [6.45, 7) is 0.255. The van der Waals surface area contributed by atoms with Crippen molar-refractivity contribution < 1.29 is 9.84 Å². The fourth-order valence-electron chi connectivity index (χ4n) is 4.67. The highest BCUT2D eigenvalue weighted by Gasteiger charge is 2.56. The van der Waals surface area contributed by atoms with Crippen LogP contribution in [0.4, 0.5) is 0 Å². The first-order valence-corrected chi connectivity index (χ1v) is 9.88. The number of rotatable bonds is 4. The van der Waals surface area contributed by atoms with E-state index in [1.54, 1.807) is 12.1 Å². The number of nitrogens with zero attached hydrogens (tertiary/aromatic N) is 3. The van der Waals surface area contributed by atoms with E-state index in [-0.39, 0.29) is 12.0 Å². The van der Waals surface area contributed by atoms with Crippen LogP contribution in [0.5, 0.6) is 5.75 Å². The van der Waals surface area contributed by atoms with Gasteiger partial charge in [0, 0.05) is 27.2 Å². The van der Waals surface area contributed by atoms with E-state index >= 15 is 0 Å². The van der Waals surface area contributed by atoms with E-state index in [2.05, 4.69) is 10.2 Å². The van der Waals surface area contributed by atoms with Crippen LogP contribution in [-0.2, 0) is 12.0 Å². The van der Waals surface area contributed by atoms with E-state index < -0.39 is 5.60 Å². The second-order valence-corrected chi connectivity index (χ2v) is 8.57. The van der Waals surface area contributed by atoms with Gasteiger partial charge in [0.15, 0.2) is 5.75 Å². The van der Waals surface area contributed by atoms with E-state index in [0.29, 0.717) is 21.4 Å². The molecule has 2 heterocycles. The van der Waals surface area contributed by atoms with Crippen molar-refractivity contribution in [2.45, 2.75) is 49.7 Å². The summed E-state index contributed by atoms with van der Waals surface area (Å²) in [6.07, 6.45) is 6.30.